The smallest absolute Gasteiger partial charge is 0.265 e. The zero-order valence-electron chi connectivity index (χ0n) is 17.9. The molecule has 0 saturated carbocycles. The number of fused-ring (bicyclic) bond motifs is 1. The van der Waals surface area contributed by atoms with E-state index in [1.54, 1.807) is 6.07 Å². The zero-order valence-corrected chi connectivity index (χ0v) is 20.3. The van der Waals surface area contributed by atoms with Crippen molar-refractivity contribution in [1.29, 1.82) is 0 Å². The van der Waals surface area contributed by atoms with Crippen molar-refractivity contribution in [2.75, 3.05) is 17.8 Å². The number of benzene rings is 3. The summed E-state index contributed by atoms with van der Waals surface area (Å²) < 4.78 is 58.5. The molecule has 11 heteroatoms. The van der Waals surface area contributed by atoms with Crippen LogP contribution in [0.5, 0.6) is 5.75 Å². The Bertz CT molecular complexity index is 1570. The van der Waals surface area contributed by atoms with Crippen molar-refractivity contribution in [3.05, 3.63) is 76.8 Å². The van der Waals surface area contributed by atoms with Gasteiger partial charge in [-0.1, -0.05) is 29.8 Å². The average Bonchev–Trinajstić information content (AvgIpc) is 3.20. The van der Waals surface area contributed by atoms with Gasteiger partial charge in [0.05, 0.1) is 10.7 Å². The normalized spacial score (nSPS) is 13.6. The van der Waals surface area contributed by atoms with Crippen LogP contribution in [0, 0.1) is 11.6 Å². The summed E-state index contributed by atoms with van der Waals surface area (Å²) in [6.07, 6.45) is 0.830. The number of carbonyl (C=O) groups excluding carboxylic acids is 1. The molecular weight excluding hydrogens is 518 g/mol. The number of thiophene rings is 1. The fourth-order valence-corrected chi connectivity index (χ4v) is 6.29. The lowest BCUT2D eigenvalue weighted by atomic mass is 10.1. The van der Waals surface area contributed by atoms with E-state index >= 15 is 0 Å². The maximum absolute atomic E-state index is 14.7. The summed E-state index contributed by atoms with van der Waals surface area (Å²) in [5, 5.41) is 10.8. The molecule has 1 aliphatic rings. The third-order valence-electron chi connectivity index (χ3n) is 5.70. The summed E-state index contributed by atoms with van der Waals surface area (Å²) in [6.45, 7) is 1.05. The van der Waals surface area contributed by atoms with Crippen molar-refractivity contribution in [1.82, 2.24) is 4.90 Å². The van der Waals surface area contributed by atoms with Crippen LogP contribution in [0.2, 0.25) is 5.02 Å². The highest BCUT2D eigenvalue weighted by Crippen LogP contribution is 2.38. The Kier molecular flexibility index (Phi) is 5.90. The Morgan fingerprint density at radius 1 is 1.06 bits per heavy atom. The Hall–Kier alpha value is -3.21. The largest absolute Gasteiger partial charge is 0.505 e. The minimum absolute atomic E-state index is 0.00858. The first kappa shape index (κ1) is 23.5. The lowest BCUT2D eigenvalue weighted by Gasteiger charge is -2.31. The molecule has 1 fully saturated rings. The van der Waals surface area contributed by atoms with Gasteiger partial charge in [0, 0.05) is 39.9 Å². The average molecular weight is 535 g/mol. The fraction of sp³-hybridized carbons (Fsp3) is 0.125. The maximum Gasteiger partial charge on any atom is 0.265 e. The van der Waals surface area contributed by atoms with E-state index in [0.717, 1.165) is 28.6 Å². The molecule has 0 radical (unpaired) electrons. The van der Waals surface area contributed by atoms with Crippen molar-refractivity contribution in [2.24, 2.45) is 0 Å². The number of likely N-dealkylation sites (tertiary alicyclic amines) is 1. The van der Waals surface area contributed by atoms with Crippen LogP contribution in [-0.2, 0) is 10.0 Å². The first-order chi connectivity index (χ1) is 16.6. The molecule has 0 aliphatic carbocycles. The second kappa shape index (κ2) is 8.78. The number of phenolic OH excluding ortho intramolecular Hbond substituents is 1. The Labute approximate surface area is 208 Å². The number of halogens is 3. The molecule has 1 saturated heterocycles. The van der Waals surface area contributed by atoms with Crippen molar-refractivity contribution >= 4 is 54.6 Å². The van der Waals surface area contributed by atoms with E-state index in [2.05, 4.69) is 4.72 Å². The van der Waals surface area contributed by atoms with Gasteiger partial charge < -0.3 is 10.0 Å². The Morgan fingerprint density at radius 2 is 1.80 bits per heavy atom. The number of carbonyl (C=O) groups is 1. The molecule has 35 heavy (non-hydrogen) atoms. The van der Waals surface area contributed by atoms with Gasteiger partial charge in [0.1, 0.15) is 16.5 Å². The van der Waals surface area contributed by atoms with Gasteiger partial charge in [-0.2, -0.15) is 0 Å². The molecule has 0 spiro atoms. The second-order valence-corrected chi connectivity index (χ2v) is 11.2. The molecule has 4 aromatic rings. The Balaban J connectivity index is 1.54. The standard InChI is InChI=1S/C24H17ClF2N2O4S2/c25-16-8-14(24(31)29-6-3-7-29)10-22(23(16)30)35(32,33)28-19-11-15(17(26)12-18(19)27)21-9-13-4-1-2-5-20(13)34-21/h1-2,4-5,8-12,28,30H,3,6-7H2. The van der Waals surface area contributed by atoms with Crippen LogP contribution in [0.1, 0.15) is 16.8 Å². The van der Waals surface area contributed by atoms with Gasteiger partial charge in [-0.25, -0.2) is 17.2 Å². The summed E-state index contributed by atoms with van der Waals surface area (Å²) in [5.74, 6) is -3.22. The number of nitrogens with one attached hydrogen (secondary N) is 1. The highest BCUT2D eigenvalue weighted by molar-refractivity contribution is 7.92. The number of phenols is 1. The van der Waals surface area contributed by atoms with Crippen LogP contribution in [0.4, 0.5) is 14.5 Å². The maximum atomic E-state index is 14.7. The monoisotopic (exact) mass is 534 g/mol. The van der Waals surface area contributed by atoms with E-state index in [0.29, 0.717) is 24.0 Å². The van der Waals surface area contributed by atoms with Crippen LogP contribution in [0.3, 0.4) is 0 Å². The molecule has 2 N–H and O–H groups in total. The first-order valence-electron chi connectivity index (χ1n) is 10.5. The molecule has 1 aliphatic heterocycles. The molecular formula is C24H17ClF2N2O4S2. The van der Waals surface area contributed by atoms with Crippen molar-refractivity contribution in [3.8, 4) is 16.2 Å². The number of hydrogen-bond donors (Lipinski definition) is 2. The van der Waals surface area contributed by atoms with Crippen LogP contribution < -0.4 is 4.72 Å². The number of aromatic hydroxyl groups is 1. The summed E-state index contributed by atoms with van der Waals surface area (Å²) in [6, 6.07) is 12.9. The fourth-order valence-electron chi connectivity index (χ4n) is 3.73. The number of nitrogens with zero attached hydrogens (tertiary/aromatic N) is 1. The Morgan fingerprint density at radius 3 is 2.49 bits per heavy atom. The predicted molar refractivity (Wildman–Crippen MR) is 132 cm³/mol. The van der Waals surface area contributed by atoms with E-state index in [-0.39, 0.29) is 16.1 Å². The SMILES string of the molecule is O=C(c1cc(Cl)c(O)c(S(=O)(=O)Nc2cc(-c3cc4ccccc4s3)c(F)cc2F)c1)N1CCC1. The molecule has 0 atom stereocenters. The third kappa shape index (κ3) is 4.33. The summed E-state index contributed by atoms with van der Waals surface area (Å²) in [7, 11) is -4.61. The van der Waals surface area contributed by atoms with Crippen molar-refractivity contribution in [3.63, 3.8) is 0 Å². The van der Waals surface area contributed by atoms with Gasteiger partial charge in [-0.15, -0.1) is 11.3 Å². The topological polar surface area (TPSA) is 86.7 Å². The summed E-state index contributed by atoms with van der Waals surface area (Å²) in [5.41, 5.74) is -0.540. The highest BCUT2D eigenvalue weighted by atomic mass is 35.5. The van der Waals surface area contributed by atoms with E-state index in [1.807, 2.05) is 24.3 Å². The molecule has 0 bridgehead atoms. The zero-order chi connectivity index (χ0) is 24.9. The number of amides is 1. The summed E-state index contributed by atoms with van der Waals surface area (Å²) >= 11 is 7.27. The first-order valence-corrected chi connectivity index (χ1v) is 13.1. The second-order valence-electron chi connectivity index (χ2n) is 8.02. The number of sulfonamides is 1. The number of anilines is 1. The van der Waals surface area contributed by atoms with Crippen LogP contribution in [0.25, 0.3) is 20.5 Å². The van der Waals surface area contributed by atoms with Crippen LogP contribution in [-0.4, -0.2) is 37.4 Å². The molecule has 1 aromatic heterocycles. The molecule has 3 aromatic carbocycles. The quantitative estimate of drug-likeness (QED) is 0.336. The van der Waals surface area contributed by atoms with Crippen LogP contribution in [0.15, 0.2) is 59.5 Å². The van der Waals surface area contributed by atoms with Crippen LogP contribution >= 0.6 is 22.9 Å². The van der Waals surface area contributed by atoms with Gasteiger partial charge in [-0.05, 0) is 42.1 Å². The molecule has 6 nitrogen and oxygen atoms in total. The third-order valence-corrected chi connectivity index (χ3v) is 8.52. The lowest BCUT2D eigenvalue weighted by molar-refractivity contribution is 0.0651. The van der Waals surface area contributed by atoms with Crippen molar-refractivity contribution < 1.29 is 27.1 Å². The lowest BCUT2D eigenvalue weighted by Crippen LogP contribution is -2.42. The van der Waals surface area contributed by atoms with Gasteiger partial charge in [-0.3, -0.25) is 9.52 Å². The van der Waals surface area contributed by atoms with E-state index in [9.17, 15) is 27.1 Å². The predicted octanol–water partition coefficient (Wildman–Crippen LogP) is 5.85. The molecule has 5 rings (SSSR count). The number of hydrogen-bond acceptors (Lipinski definition) is 5. The minimum Gasteiger partial charge on any atom is -0.505 e. The summed E-state index contributed by atoms with van der Waals surface area (Å²) in [4.78, 5) is 13.9. The van der Waals surface area contributed by atoms with E-state index in [1.165, 1.54) is 22.3 Å². The highest BCUT2D eigenvalue weighted by Gasteiger charge is 2.28. The van der Waals surface area contributed by atoms with E-state index in [4.69, 9.17) is 11.6 Å². The molecule has 180 valence electrons. The van der Waals surface area contributed by atoms with Gasteiger partial charge in [0.2, 0.25) is 0 Å². The molecule has 0 unspecified atom stereocenters. The number of rotatable bonds is 5. The van der Waals surface area contributed by atoms with Gasteiger partial charge in [0.25, 0.3) is 15.9 Å². The van der Waals surface area contributed by atoms with Gasteiger partial charge in [0.15, 0.2) is 5.75 Å². The van der Waals surface area contributed by atoms with E-state index < -0.39 is 43.9 Å². The minimum atomic E-state index is -4.61. The van der Waals surface area contributed by atoms with Crippen molar-refractivity contribution in [2.45, 2.75) is 11.3 Å². The van der Waals surface area contributed by atoms with Gasteiger partial charge >= 0.3 is 0 Å². The molecule has 1 amide bonds. The molecule has 2 heterocycles.